The summed E-state index contributed by atoms with van der Waals surface area (Å²) in [5.41, 5.74) is 2.18. The predicted octanol–water partition coefficient (Wildman–Crippen LogP) is 2.55. The van der Waals surface area contributed by atoms with Crippen LogP contribution >= 0.6 is 27.5 Å². The van der Waals surface area contributed by atoms with Gasteiger partial charge in [0.1, 0.15) is 5.75 Å². The Kier molecular flexibility index (Phi) is 5.05. The summed E-state index contributed by atoms with van der Waals surface area (Å²) in [6.07, 6.45) is -0.682. The molecule has 0 spiro atoms. The van der Waals surface area contributed by atoms with Gasteiger partial charge in [-0.3, -0.25) is 9.63 Å². The van der Waals surface area contributed by atoms with Crippen LogP contribution in [0, 0.1) is 0 Å². The molecule has 0 saturated heterocycles. The fraction of sp³-hybridized carbons (Fsp3) is 0.300. The Labute approximate surface area is 107 Å². The van der Waals surface area contributed by atoms with Gasteiger partial charge in [0.05, 0.1) is 12.1 Å². The van der Waals surface area contributed by atoms with E-state index in [1.165, 1.54) is 7.11 Å². The summed E-state index contributed by atoms with van der Waals surface area (Å²) < 4.78 is 6.22. The Morgan fingerprint density at radius 1 is 1.56 bits per heavy atom. The summed E-state index contributed by atoms with van der Waals surface area (Å²) in [6, 6.07) is 5.16. The molecule has 16 heavy (non-hydrogen) atoms. The zero-order chi connectivity index (χ0) is 12.1. The molecule has 0 heterocycles. The lowest BCUT2D eigenvalue weighted by atomic mass is 10.3. The van der Waals surface area contributed by atoms with Crippen molar-refractivity contribution in [2.24, 2.45) is 0 Å². The standard InChI is InChI=1S/C10H11BrClNO3/c1-6(10(14)13-15-2)16-9-4-3-7(11)5-8(9)12/h3-6H,1-2H3,(H,13,14)/t6-/m0/s1. The second-order valence-electron chi connectivity index (χ2n) is 3.01. The third kappa shape index (κ3) is 3.66. The number of rotatable bonds is 4. The van der Waals surface area contributed by atoms with Crippen LogP contribution in [0.2, 0.25) is 5.02 Å². The van der Waals surface area contributed by atoms with Crippen LogP contribution in [0.4, 0.5) is 0 Å². The van der Waals surface area contributed by atoms with Crippen LogP contribution < -0.4 is 10.2 Å². The van der Waals surface area contributed by atoms with Crippen LogP contribution in [0.1, 0.15) is 6.92 Å². The Bertz CT molecular complexity index is 386. The molecule has 0 aliphatic carbocycles. The first-order valence-electron chi connectivity index (χ1n) is 4.49. The molecule has 88 valence electrons. The average molecular weight is 309 g/mol. The predicted molar refractivity (Wildman–Crippen MR) is 64.4 cm³/mol. The highest BCUT2D eigenvalue weighted by atomic mass is 79.9. The van der Waals surface area contributed by atoms with Crippen LogP contribution in [0.15, 0.2) is 22.7 Å². The Morgan fingerprint density at radius 2 is 2.25 bits per heavy atom. The Morgan fingerprint density at radius 3 is 2.81 bits per heavy atom. The van der Waals surface area contributed by atoms with Gasteiger partial charge in [-0.2, -0.15) is 0 Å². The van der Waals surface area contributed by atoms with Crippen molar-refractivity contribution in [3.05, 3.63) is 27.7 Å². The van der Waals surface area contributed by atoms with Crippen molar-refractivity contribution in [1.82, 2.24) is 5.48 Å². The van der Waals surface area contributed by atoms with Crippen LogP contribution in [-0.2, 0) is 9.63 Å². The molecule has 0 radical (unpaired) electrons. The molecule has 0 aromatic heterocycles. The highest BCUT2D eigenvalue weighted by molar-refractivity contribution is 9.10. The molecule has 0 unspecified atom stereocenters. The maximum atomic E-state index is 11.3. The SMILES string of the molecule is CONC(=O)[C@H](C)Oc1ccc(Br)cc1Cl. The van der Waals surface area contributed by atoms with Crippen LogP contribution in [-0.4, -0.2) is 19.1 Å². The molecular formula is C10H11BrClNO3. The van der Waals surface area contributed by atoms with Crippen molar-refractivity contribution in [2.45, 2.75) is 13.0 Å². The maximum Gasteiger partial charge on any atom is 0.284 e. The molecular weight excluding hydrogens is 297 g/mol. The molecule has 1 aromatic carbocycles. The van der Waals surface area contributed by atoms with E-state index in [1.807, 2.05) is 0 Å². The third-order valence-corrected chi connectivity index (χ3v) is 2.56. The smallest absolute Gasteiger partial charge is 0.284 e. The minimum absolute atomic E-state index is 0.374. The average Bonchev–Trinajstić information content (AvgIpc) is 2.22. The van der Waals surface area contributed by atoms with Crippen LogP contribution in [0.25, 0.3) is 0 Å². The van der Waals surface area contributed by atoms with Gasteiger partial charge in [-0.25, -0.2) is 5.48 Å². The summed E-state index contributed by atoms with van der Waals surface area (Å²) in [4.78, 5) is 15.8. The molecule has 1 atom stereocenters. The second kappa shape index (κ2) is 6.08. The van der Waals surface area contributed by atoms with Gasteiger partial charge < -0.3 is 4.74 Å². The van der Waals surface area contributed by atoms with E-state index in [0.717, 1.165) is 4.47 Å². The molecule has 0 bridgehead atoms. The van der Waals surface area contributed by atoms with E-state index in [-0.39, 0.29) is 5.91 Å². The number of nitrogens with one attached hydrogen (secondary N) is 1. The zero-order valence-electron chi connectivity index (χ0n) is 8.79. The van der Waals surface area contributed by atoms with Crippen molar-refractivity contribution in [3.63, 3.8) is 0 Å². The number of carbonyl (C=O) groups is 1. The molecule has 0 fully saturated rings. The van der Waals surface area contributed by atoms with Crippen molar-refractivity contribution < 1.29 is 14.4 Å². The van der Waals surface area contributed by atoms with Crippen molar-refractivity contribution in [2.75, 3.05) is 7.11 Å². The van der Waals surface area contributed by atoms with E-state index in [1.54, 1.807) is 25.1 Å². The number of ether oxygens (including phenoxy) is 1. The van der Waals surface area contributed by atoms with Crippen molar-refractivity contribution >= 4 is 33.4 Å². The van der Waals surface area contributed by atoms with Crippen LogP contribution in [0.3, 0.4) is 0 Å². The quantitative estimate of drug-likeness (QED) is 0.870. The minimum atomic E-state index is -0.682. The van der Waals surface area contributed by atoms with E-state index in [2.05, 4.69) is 26.2 Å². The van der Waals surface area contributed by atoms with Crippen molar-refractivity contribution in [3.8, 4) is 5.75 Å². The summed E-state index contributed by atoms with van der Waals surface area (Å²) in [7, 11) is 1.36. The van der Waals surface area contributed by atoms with E-state index < -0.39 is 6.10 Å². The summed E-state index contributed by atoms with van der Waals surface area (Å²) in [5, 5.41) is 0.437. The van der Waals surface area contributed by atoms with Gasteiger partial charge in [0.25, 0.3) is 5.91 Å². The summed E-state index contributed by atoms with van der Waals surface area (Å²) in [5.74, 6) is 0.0742. The first-order chi connectivity index (χ1) is 7.54. The van der Waals surface area contributed by atoms with Gasteiger partial charge in [-0.1, -0.05) is 27.5 Å². The van der Waals surface area contributed by atoms with Gasteiger partial charge in [0.15, 0.2) is 6.10 Å². The van der Waals surface area contributed by atoms with Crippen molar-refractivity contribution in [1.29, 1.82) is 0 Å². The largest absolute Gasteiger partial charge is 0.479 e. The number of amides is 1. The van der Waals surface area contributed by atoms with E-state index >= 15 is 0 Å². The molecule has 4 nitrogen and oxygen atoms in total. The fourth-order valence-electron chi connectivity index (χ4n) is 0.998. The highest BCUT2D eigenvalue weighted by Gasteiger charge is 2.15. The van der Waals surface area contributed by atoms with E-state index in [4.69, 9.17) is 16.3 Å². The molecule has 1 N–H and O–H groups in total. The number of benzene rings is 1. The lowest BCUT2D eigenvalue weighted by Crippen LogP contribution is -2.35. The number of hydrogen-bond acceptors (Lipinski definition) is 3. The first-order valence-corrected chi connectivity index (χ1v) is 5.66. The van der Waals surface area contributed by atoms with Gasteiger partial charge >= 0.3 is 0 Å². The third-order valence-electron chi connectivity index (χ3n) is 1.77. The number of hydrogen-bond donors (Lipinski definition) is 1. The Balaban J connectivity index is 2.69. The zero-order valence-corrected chi connectivity index (χ0v) is 11.1. The van der Waals surface area contributed by atoms with Crippen LogP contribution in [0.5, 0.6) is 5.75 Å². The normalized spacial score (nSPS) is 12.0. The van der Waals surface area contributed by atoms with Gasteiger partial charge in [0.2, 0.25) is 0 Å². The fourth-order valence-corrected chi connectivity index (χ4v) is 1.72. The topological polar surface area (TPSA) is 47.6 Å². The monoisotopic (exact) mass is 307 g/mol. The maximum absolute atomic E-state index is 11.3. The molecule has 1 rings (SSSR count). The molecule has 6 heteroatoms. The Hall–Kier alpha value is -0.780. The van der Waals surface area contributed by atoms with E-state index in [9.17, 15) is 4.79 Å². The minimum Gasteiger partial charge on any atom is -0.479 e. The molecule has 0 saturated carbocycles. The molecule has 1 amide bonds. The van der Waals surface area contributed by atoms with Gasteiger partial charge in [-0.15, -0.1) is 0 Å². The number of carbonyl (C=O) groups excluding carboxylic acids is 1. The summed E-state index contributed by atoms with van der Waals surface area (Å²) >= 11 is 9.21. The second-order valence-corrected chi connectivity index (χ2v) is 4.33. The van der Waals surface area contributed by atoms with Gasteiger partial charge in [-0.05, 0) is 25.1 Å². The molecule has 0 aliphatic rings. The van der Waals surface area contributed by atoms with E-state index in [0.29, 0.717) is 10.8 Å². The summed E-state index contributed by atoms with van der Waals surface area (Å²) in [6.45, 7) is 1.60. The van der Waals surface area contributed by atoms with Gasteiger partial charge in [0, 0.05) is 4.47 Å². The lowest BCUT2D eigenvalue weighted by molar-refractivity contribution is -0.137. The number of halogens is 2. The number of hydroxylamine groups is 1. The molecule has 0 aliphatic heterocycles. The lowest BCUT2D eigenvalue weighted by Gasteiger charge is -2.14. The first kappa shape index (κ1) is 13.3. The highest BCUT2D eigenvalue weighted by Crippen LogP contribution is 2.28. The molecule has 1 aromatic rings.